The Morgan fingerprint density at radius 2 is 2.00 bits per heavy atom. The third kappa shape index (κ3) is 11.2. The first-order valence-electron chi connectivity index (χ1n) is 2.98. The highest BCUT2D eigenvalue weighted by Crippen LogP contribution is 2.04. The summed E-state index contributed by atoms with van der Waals surface area (Å²) in [7, 11) is 1.60. The van der Waals surface area contributed by atoms with Crippen LogP contribution in [-0.2, 0) is 9.47 Å². The number of hydrogen-bond acceptors (Lipinski definition) is 2. The standard InChI is InChI=1S/C4H8O.C3H6O/c1-4(2)5-3;1-3-2-4-3/h1H2,2-3H3;3H,2H2,1H3. The van der Waals surface area contributed by atoms with Crippen LogP contribution in [0.15, 0.2) is 12.3 Å². The Morgan fingerprint density at radius 3 is 2.00 bits per heavy atom. The number of hydrogen-bond donors (Lipinski definition) is 0. The van der Waals surface area contributed by atoms with Crippen LogP contribution in [0.1, 0.15) is 13.8 Å². The maximum absolute atomic E-state index is 4.71. The van der Waals surface area contributed by atoms with Crippen LogP contribution in [0.2, 0.25) is 0 Å². The summed E-state index contributed by atoms with van der Waals surface area (Å²) in [6, 6.07) is 0. The number of epoxide rings is 1. The molecule has 9 heavy (non-hydrogen) atoms. The summed E-state index contributed by atoms with van der Waals surface area (Å²) >= 11 is 0. The molecule has 1 unspecified atom stereocenters. The molecular weight excluding hydrogens is 116 g/mol. The first-order valence-corrected chi connectivity index (χ1v) is 2.98. The minimum Gasteiger partial charge on any atom is -0.502 e. The fourth-order valence-electron chi connectivity index (χ4n) is 0.0962. The molecule has 0 aromatic rings. The van der Waals surface area contributed by atoms with Crippen molar-refractivity contribution in [3.8, 4) is 0 Å². The van der Waals surface area contributed by atoms with Gasteiger partial charge in [0.1, 0.15) is 0 Å². The fraction of sp³-hybridized carbons (Fsp3) is 0.714. The first-order chi connectivity index (χ1) is 4.16. The zero-order valence-corrected chi connectivity index (χ0v) is 6.31. The fourth-order valence-corrected chi connectivity index (χ4v) is 0.0962. The summed E-state index contributed by atoms with van der Waals surface area (Å²) in [4.78, 5) is 0. The molecule has 0 aliphatic carbocycles. The van der Waals surface area contributed by atoms with E-state index in [0.29, 0.717) is 6.10 Å². The summed E-state index contributed by atoms with van der Waals surface area (Å²) in [6.45, 7) is 8.30. The van der Waals surface area contributed by atoms with Crippen LogP contribution in [-0.4, -0.2) is 19.8 Å². The van der Waals surface area contributed by atoms with Gasteiger partial charge in [-0.15, -0.1) is 0 Å². The molecule has 1 saturated heterocycles. The van der Waals surface area contributed by atoms with Crippen molar-refractivity contribution in [1.29, 1.82) is 0 Å². The molecule has 1 atom stereocenters. The monoisotopic (exact) mass is 130 g/mol. The zero-order chi connectivity index (χ0) is 7.28. The van der Waals surface area contributed by atoms with Crippen LogP contribution in [0.5, 0.6) is 0 Å². The van der Waals surface area contributed by atoms with Gasteiger partial charge in [-0.3, -0.25) is 0 Å². The van der Waals surface area contributed by atoms with Crippen molar-refractivity contribution in [3.05, 3.63) is 12.3 Å². The highest BCUT2D eigenvalue weighted by molar-refractivity contribution is 4.71. The van der Waals surface area contributed by atoms with Gasteiger partial charge in [-0.1, -0.05) is 6.58 Å². The number of allylic oxidation sites excluding steroid dienone is 1. The van der Waals surface area contributed by atoms with E-state index in [9.17, 15) is 0 Å². The highest BCUT2D eigenvalue weighted by atomic mass is 16.6. The molecule has 54 valence electrons. The van der Waals surface area contributed by atoms with Crippen LogP contribution in [0.3, 0.4) is 0 Å². The molecule has 1 fully saturated rings. The van der Waals surface area contributed by atoms with E-state index in [1.807, 2.05) is 0 Å². The lowest BCUT2D eigenvalue weighted by Crippen LogP contribution is -1.70. The second-order valence-corrected chi connectivity index (χ2v) is 2.05. The Kier molecular flexibility index (Phi) is 4.14. The van der Waals surface area contributed by atoms with E-state index in [2.05, 4.69) is 18.2 Å². The molecule has 2 heteroatoms. The average Bonchev–Trinajstić information content (AvgIpc) is 2.53. The molecule has 0 bridgehead atoms. The summed E-state index contributed by atoms with van der Waals surface area (Å²) in [5.74, 6) is 0.755. The molecule has 0 amide bonds. The predicted molar refractivity (Wildman–Crippen MR) is 37.2 cm³/mol. The molecule has 0 aromatic heterocycles. The van der Waals surface area contributed by atoms with Crippen molar-refractivity contribution in [2.45, 2.75) is 20.0 Å². The molecule has 1 heterocycles. The largest absolute Gasteiger partial charge is 0.502 e. The van der Waals surface area contributed by atoms with Crippen molar-refractivity contribution in [3.63, 3.8) is 0 Å². The third-order valence-electron chi connectivity index (χ3n) is 0.848. The number of rotatable bonds is 1. The lowest BCUT2D eigenvalue weighted by Gasteiger charge is -1.88. The second kappa shape index (κ2) is 4.39. The quantitative estimate of drug-likeness (QED) is 0.397. The van der Waals surface area contributed by atoms with E-state index in [-0.39, 0.29) is 0 Å². The normalized spacial score (nSPS) is 21.4. The predicted octanol–water partition coefficient (Wildman–Crippen LogP) is 1.57. The molecule has 0 N–H and O–H groups in total. The van der Waals surface area contributed by atoms with Gasteiger partial charge in [0.25, 0.3) is 0 Å². The molecule has 1 aliphatic heterocycles. The van der Waals surface area contributed by atoms with Gasteiger partial charge in [0, 0.05) is 0 Å². The van der Waals surface area contributed by atoms with Crippen LogP contribution < -0.4 is 0 Å². The van der Waals surface area contributed by atoms with Crippen LogP contribution >= 0.6 is 0 Å². The summed E-state index contributed by atoms with van der Waals surface area (Å²) in [5.41, 5.74) is 0. The van der Waals surface area contributed by atoms with Gasteiger partial charge in [-0.25, -0.2) is 0 Å². The molecular formula is C7H14O2. The maximum atomic E-state index is 4.71. The minimum atomic E-state index is 0.583. The van der Waals surface area contributed by atoms with Crippen LogP contribution in [0.4, 0.5) is 0 Å². The minimum absolute atomic E-state index is 0.583. The van der Waals surface area contributed by atoms with Crippen LogP contribution in [0, 0.1) is 0 Å². The van der Waals surface area contributed by atoms with E-state index < -0.39 is 0 Å². The summed E-state index contributed by atoms with van der Waals surface area (Å²) < 4.78 is 9.26. The van der Waals surface area contributed by atoms with Crippen molar-refractivity contribution >= 4 is 0 Å². The Bertz CT molecular complexity index is 84.9. The molecule has 0 aromatic carbocycles. The van der Waals surface area contributed by atoms with E-state index in [1.165, 1.54) is 0 Å². The van der Waals surface area contributed by atoms with E-state index >= 15 is 0 Å². The molecule has 1 aliphatic rings. The lowest BCUT2D eigenvalue weighted by atomic mass is 10.6. The van der Waals surface area contributed by atoms with Crippen LogP contribution in [0.25, 0.3) is 0 Å². The van der Waals surface area contributed by atoms with E-state index in [4.69, 9.17) is 4.74 Å². The molecule has 0 radical (unpaired) electrons. The highest BCUT2D eigenvalue weighted by Gasteiger charge is 2.13. The summed E-state index contributed by atoms with van der Waals surface area (Å²) in [5, 5.41) is 0. The lowest BCUT2D eigenvalue weighted by molar-refractivity contribution is 0.295. The Morgan fingerprint density at radius 1 is 1.78 bits per heavy atom. The smallest absolute Gasteiger partial charge is 0.0853 e. The van der Waals surface area contributed by atoms with E-state index in [0.717, 1.165) is 12.4 Å². The molecule has 0 spiro atoms. The first kappa shape index (κ1) is 8.50. The molecule has 2 nitrogen and oxygen atoms in total. The van der Waals surface area contributed by atoms with Gasteiger partial charge < -0.3 is 9.47 Å². The van der Waals surface area contributed by atoms with Gasteiger partial charge in [0.05, 0.1) is 25.6 Å². The van der Waals surface area contributed by atoms with E-state index in [1.54, 1.807) is 14.0 Å². The zero-order valence-electron chi connectivity index (χ0n) is 6.31. The van der Waals surface area contributed by atoms with Crippen molar-refractivity contribution in [1.82, 2.24) is 0 Å². The average molecular weight is 130 g/mol. The Balaban J connectivity index is 0.000000144. The third-order valence-corrected chi connectivity index (χ3v) is 0.848. The maximum Gasteiger partial charge on any atom is 0.0853 e. The Hall–Kier alpha value is -0.500. The molecule has 1 rings (SSSR count). The second-order valence-electron chi connectivity index (χ2n) is 2.05. The van der Waals surface area contributed by atoms with Crippen molar-refractivity contribution in [2.75, 3.05) is 13.7 Å². The topological polar surface area (TPSA) is 21.8 Å². The SMILES string of the molecule is C=C(C)OC.CC1CO1. The van der Waals surface area contributed by atoms with Crippen molar-refractivity contribution in [2.24, 2.45) is 0 Å². The van der Waals surface area contributed by atoms with Gasteiger partial charge in [-0.05, 0) is 13.8 Å². The van der Waals surface area contributed by atoms with Gasteiger partial charge in [0.2, 0.25) is 0 Å². The number of ether oxygens (including phenoxy) is 2. The van der Waals surface area contributed by atoms with Gasteiger partial charge in [-0.2, -0.15) is 0 Å². The van der Waals surface area contributed by atoms with Gasteiger partial charge >= 0.3 is 0 Å². The number of methoxy groups -OCH3 is 1. The van der Waals surface area contributed by atoms with Crippen molar-refractivity contribution < 1.29 is 9.47 Å². The Labute approximate surface area is 56.5 Å². The summed E-state index contributed by atoms with van der Waals surface area (Å²) in [6.07, 6.45) is 0.583. The molecule has 0 saturated carbocycles. The van der Waals surface area contributed by atoms with Gasteiger partial charge in [0.15, 0.2) is 0 Å².